The lowest BCUT2D eigenvalue weighted by molar-refractivity contribution is -0.103. The summed E-state index contributed by atoms with van der Waals surface area (Å²) in [5, 5.41) is 22.7. The van der Waals surface area contributed by atoms with E-state index in [-0.39, 0.29) is 57.1 Å². The minimum absolute atomic E-state index is 0.0277. The van der Waals surface area contributed by atoms with E-state index >= 15 is 0 Å². The molecule has 7 aromatic heterocycles. The number of carbonyl (C=O) groups excluding carboxylic acids is 3. The molecule has 3 amide bonds. The summed E-state index contributed by atoms with van der Waals surface area (Å²) >= 11 is 1.77. The van der Waals surface area contributed by atoms with E-state index in [1.54, 1.807) is 61.3 Å². The molecule has 1 unspecified atom stereocenters. The number of ether oxygens (including phenoxy) is 3. The van der Waals surface area contributed by atoms with Crippen LogP contribution in [0.15, 0.2) is 185 Å². The van der Waals surface area contributed by atoms with Crippen LogP contribution in [0.25, 0.3) is 62.1 Å². The number of carbonyl (C=O) groups is 3. The smallest absolute Gasteiger partial charge is 0.347 e. The quantitative estimate of drug-likeness (QED) is 0.0271. The fraction of sp³-hybridized carbons (Fsp3) is 0.361. The molecule has 0 bridgehead atoms. The van der Waals surface area contributed by atoms with E-state index in [0.29, 0.717) is 67.2 Å². The van der Waals surface area contributed by atoms with Crippen molar-refractivity contribution in [1.29, 1.82) is 0 Å². The van der Waals surface area contributed by atoms with E-state index in [4.69, 9.17) is 45.8 Å². The number of fused-ring (bicyclic) bond motifs is 9. The molecule has 129 heavy (non-hydrogen) atoms. The highest BCUT2D eigenvalue weighted by molar-refractivity contribution is 7.98. The second kappa shape index (κ2) is 34.9. The first-order valence-corrected chi connectivity index (χ1v) is 45.0. The number of likely N-dealkylation sites (tertiary alicyclic amines) is 6. The largest absolute Gasteiger partial charge is 0.497 e. The second-order valence-electron chi connectivity index (χ2n) is 36.8. The van der Waals surface area contributed by atoms with Crippen LogP contribution >= 0.6 is 11.8 Å². The van der Waals surface area contributed by atoms with Gasteiger partial charge in [-0.05, 0) is 207 Å². The monoisotopic (exact) mass is 1750 g/mol. The fourth-order valence-corrected chi connectivity index (χ4v) is 21.2. The molecule has 32 heteroatoms. The minimum atomic E-state index is -0.570. The Morgan fingerprint density at radius 3 is 1.49 bits per heavy atom. The number of pyridine rings is 1. The molecule has 31 nitrogen and oxygen atoms in total. The first kappa shape index (κ1) is 85.5. The summed E-state index contributed by atoms with van der Waals surface area (Å²) in [5.41, 5.74) is 34.0. The van der Waals surface area contributed by atoms with Gasteiger partial charge in [0.15, 0.2) is 23.3 Å². The van der Waals surface area contributed by atoms with Gasteiger partial charge in [-0.2, -0.15) is 0 Å². The lowest BCUT2D eigenvalue weighted by Crippen LogP contribution is -2.71. The van der Waals surface area contributed by atoms with Gasteiger partial charge in [-0.25, -0.2) is 43.8 Å². The van der Waals surface area contributed by atoms with Crippen molar-refractivity contribution in [3.8, 4) is 57.5 Å². The molecule has 1 aliphatic carbocycles. The molecule has 664 valence electrons. The van der Waals surface area contributed by atoms with Crippen molar-refractivity contribution >= 4 is 85.9 Å². The van der Waals surface area contributed by atoms with Crippen LogP contribution in [0, 0.1) is 16.2 Å². The normalized spacial score (nSPS) is 18.2. The lowest BCUT2D eigenvalue weighted by Gasteiger charge is -2.59. The number of hydrogen-bond acceptors (Lipinski definition) is 26. The first-order valence-electron chi connectivity index (χ1n) is 44.0. The van der Waals surface area contributed by atoms with E-state index in [2.05, 4.69) is 147 Å². The van der Waals surface area contributed by atoms with E-state index in [1.165, 1.54) is 142 Å². The molecule has 0 radical (unpaired) electrons. The zero-order valence-electron chi connectivity index (χ0n) is 73.9. The summed E-state index contributed by atoms with van der Waals surface area (Å²) in [5.74, 6) is 3.40. The number of anilines is 6. The van der Waals surface area contributed by atoms with Gasteiger partial charge in [-0.15, -0.1) is 27.1 Å². The fourth-order valence-electron chi connectivity index (χ4n) is 20.1. The van der Waals surface area contributed by atoms with Gasteiger partial charge in [0.1, 0.15) is 44.9 Å². The van der Waals surface area contributed by atoms with Crippen LogP contribution in [0.5, 0.6) is 17.2 Å². The molecule has 1 atom stereocenters. The standard InChI is InChI=1S/C34H39N7O2S.C33H38N8O2.C30H30N8O4/c1-3-39-16-13-34(21-39)14-17-40(22-34)15-12-23-4-7-25(8-5-23)36-33(42)28-19-41(38-32(28)35)30-11-6-24-20-44-29-18-26(43-2)9-10-27(29)31(24)37-30;1-32(2)14-22-15-35-31(37-28(22)25-10-9-24(43-4)13-27(25)32)41-16-26(29(34)38-41)30(42)36-23-7-5-21(6-8-23)11-12-40-19-33(20-40)17-39(3)18-33;1-36-14-30(15-36)16-37(17-30)10-9-18-3-5-19(6-4-18)33-27(39)23-13-38(35-26(23)31)29-32-12-22-25(34-29)21-8-7-20(41-2)11-24(21)42-28(22)40/h4-11,18-19H,3,12-17,20-22H2,1-2H3,(H2,35,38)(H,36,42);5-10,13,15-16H,11-12,14,17-20H2,1-4H3,(H2,34,38)(H,36,42);3-8,11-13H,9-10,14-17H2,1-2H3,(H2,31,35)(H,33,39). The lowest BCUT2D eigenvalue weighted by atomic mass is 9.72. The molecule has 21 rings (SSSR count). The number of nitrogens with one attached hydrogen (secondary N) is 3. The molecular formula is C97H107N23O8S. The second-order valence-corrected chi connectivity index (χ2v) is 37.8. The van der Waals surface area contributed by atoms with Crippen LogP contribution in [0.3, 0.4) is 0 Å². The van der Waals surface area contributed by atoms with Crippen molar-refractivity contribution in [3.63, 3.8) is 0 Å². The van der Waals surface area contributed by atoms with Crippen molar-refractivity contribution in [3.05, 3.63) is 231 Å². The van der Waals surface area contributed by atoms with E-state index in [0.717, 1.165) is 113 Å². The van der Waals surface area contributed by atoms with E-state index in [9.17, 15) is 19.2 Å². The topological polar surface area (TPSA) is 361 Å². The molecule has 6 fully saturated rings. The van der Waals surface area contributed by atoms with Crippen molar-refractivity contribution in [1.82, 2.24) is 83.7 Å². The number of thioether (sulfide) groups is 1. The van der Waals surface area contributed by atoms with Crippen LogP contribution in [0.4, 0.5) is 34.5 Å². The first-order chi connectivity index (χ1) is 62.3. The number of benzene rings is 6. The molecule has 6 saturated heterocycles. The van der Waals surface area contributed by atoms with E-state index < -0.39 is 11.5 Å². The van der Waals surface area contributed by atoms with E-state index in [1.807, 2.05) is 91.1 Å². The number of nitrogens with zero attached hydrogens (tertiary/aromatic N) is 17. The third-order valence-corrected chi connectivity index (χ3v) is 27.8. The molecule has 6 aromatic carbocycles. The summed E-state index contributed by atoms with van der Waals surface area (Å²) in [6.45, 7) is 25.6. The number of methoxy groups -OCH3 is 3. The summed E-state index contributed by atoms with van der Waals surface area (Å²) in [4.78, 5) is 91.3. The summed E-state index contributed by atoms with van der Waals surface area (Å²) in [6, 6.07) is 45.2. The number of amides is 3. The maximum absolute atomic E-state index is 13.2. The third kappa shape index (κ3) is 17.7. The van der Waals surface area contributed by atoms with Gasteiger partial charge in [0, 0.05) is 177 Å². The Balaban J connectivity index is 0.000000126. The highest BCUT2D eigenvalue weighted by Gasteiger charge is 2.51. The highest BCUT2D eigenvalue weighted by Crippen LogP contribution is 2.47. The van der Waals surface area contributed by atoms with Crippen LogP contribution in [-0.4, -0.2) is 242 Å². The number of rotatable bonds is 22. The Kier molecular flexibility index (Phi) is 23.1. The Morgan fingerprint density at radius 2 is 0.953 bits per heavy atom. The van der Waals surface area contributed by atoms with Gasteiger partial charge in [0.2, 0.25) is 0 Å². The molecule has 8 aliphatic rings. The summed E-state index contributed by atoms with van der Waals surface area (Å²) < 4.78 is 25.9. The minimum Gasteiger partial charge on any atom is -0.497 e. The molecule has 3 spiro atoms. The predicted octanol–water partition coefficient (Wildman–Crippen LogP) is 11.7. The van der Waals surface area contributed by atoms with Gasteiger partial charge >= 0.3 is 5.63 Å². The predicted molar refractivity (Wildman–Crippen MR) is 501 cm³/mol. The molecule has 7 aliphatic heterocycles. The Labute approximate surface area is 751 Å². The van der Waals surface area contributed by atoms with Gasteiger partial charge in [-0.1, -0.05) is 63.2 Å². The molecule has 9 N–H and O–H groups in total. The molecule has 0 saturated carbocycles. The SMILES string of the molecule is CCN1CCC2(CCN(CCc3ccc(NC(=O)c4cn(-c5ccc6c(n5)-c5ccc(OC)cc5SC6)nc4N)cc3)C2)C1.COc1ccc2c(c1)C(C)(C)Cc1cnc(-n3cc(C(=O)Nc4ccc(CCN5CC6(CN(C)C6)C5)cc4)c(N)n3)nc1-2.COc1ccc2c(c1)oc(=O)c1cnc(-n3cc(C(=O)Nc4ccc(CCN5CC6(CN(C)C6)C5)cc4)c(N)n3)nc12. The Hall–Kier alpha value is -13.0. The highest BCUT2D eigenvalue weighted by atomic mass is 32.2. The zero-order chi connectivity index (χ0) is 89.2. The van der Waals surface area contributed by atoms with Crippen LogP contribution in [-0.2, 0) is 36.9 Å². The average molecular weight is 1760 g/mol. The van der Waals surface area contributed by atoms with Gasteiger partial charge in [0.05, 0.1) is 38.2 Å². The Bertz CT molecular complexity index is 6500. The van der Waals surface area contributed by atoms with Crippen molar-refractivity contribution in [2.45, 2.75) is 75.4 Å². The van der Waals surface area contributed by atoms with Gasteiger partial charge < -0.3 is 81.2 Å². The van der Waals surface area contributed by atoms with Crippen molar-refractivity contribution in [2.75, 3.05) is 173 Å². The molecular weight excluding hydrogens is 1650 g/mol. The number of hydrogen-bond donors (Lipinski definition) is 6. The van der Waals surface area contributed by atoms with Crippen LogP contribution in [0.1, 0.15) is 98.1 Å². The summed E-state index contributed by atoms with van der Waals surface area (Å²) in [7, 11) is 9.24. The Morgan fingerprint density at radius 1 is 0.488 bits per heavy atom. The van der Waals surface area contributed by atoms with Gasteiger partial charge in [-0.3, -0.25) is 14.4 Å². The van der Waals surface area contributed by atoms with Crippen molar-refractivity contribution in [2.24, 2.45) is 16.2 Å². The van der Waals surface area contributed by atoms with Crippen LogP contribution in [0.2, 0.25) is 0 Å². The zero-order valence-corrected chi connectivity index (χ0v) is 74.8. The van der Waals surface area contributed by atoms with Crippen LogP contribution < -0.4 is 53.0 Å². The van der Waals surface area contributed by atoms with Crippen molar-refractivity contribution < 1.29 is 33.0 Å². The molecule has 13 aromatic rings. The summed E-state index contributed by atoms with van der Waals surface area (Å²) in [6.07, 6.45) is 14.3. The maximum Gasteiger partial charge on any atom is 0.347 e. The maximum atomic E-state index is 13.2. The number of nitrogen functional groups attached to an aromatic ring is 3. The number of aromatic nitrogens is 11. The molecule has 14 heterocycles. The average Bonchev–Trinajstić information content (AvgIpc) is 1.42. The number of nitrogens with two attached hydrogens (primary N) is 3. The van der Waals surface area contributed by atoms with Gasteiger partial charge in [0.25, 0.3) is 29.6 Å². The third-order valence-electron chi connectivity index (χ3n) is 26.7.